The largest absolute Gasteiger partial charge is 0.469 e. The molecule has 0 amide bonds. The van der Waals surface area contributed by atoms with Gasteiger partial charge in [0.1, 0.15) is 0 Å². The van der Waals surface area contributed by atoms with Crippen molar-refractivity contribution < 1.29 is 9.53 Å². The number of carbonyl (C=O) groups excluding carboxylic acids is 1. The predicted octanol–water partition coefficient (Wildman–Crippen LogP) is 3.46. The van der Waals surface area contributed by atoms with Crippen LogP contribution in [0.3, 0.4) is 0 Å². The number of guanidine groups is 1. The summed E-state index contributed by atoms with van der Waals surface area (Å²) >= 11 is 1.87. The first-order valence-electron chi connectivity index (χ1n) is 9.25. The van der Waals surface area contributed by atoms with Crippen molar-refractivity contribution in [1.29, 1.82) is 0 Å². The minimum atomic E-state index is -0.141. The fraction of sp³-hybridized carbons (Fsp3) is 0.684. The Morgan fingerprint density at radius 3 is 2.72 bits per heavy atom. The number of hydrogen-bond donors (Lipinski definition) is 2. The third-order valence-electron chi connectivity index (χ3n) is 5.00. The van der Waals surface area contributed by atoms with E-state index >= 15 is 0 Å². The molecule has 140 valence electrons. The van der Waals surface area contributed by atoms with Gasteiger partial charge in [0, 0.05) is 36.9 Å². The second-order valence-corrected chi connectivity index (χ2v) is 7.65. The molecule has 2 rings (SSSR count). The van der Waals surface area contributed by atoms with Crippen LogP contribution in [0.5, 0.6) is 0 Å². The molecule has 0 saturated heterocycles. The molecule has 1 fully saturated rings. The lowest BCUT2D eigenvalue weighted by molar-refractivity contribution is -0.140. The Bertz CT molecular complexity index is 537. The van der Waals surface area contributed by atoms with E-state index in [1.165, 1.54) is 44.1 Å². The predicted molar refractivity (Wildman–Crippen MR) is 104 cm³/mol. The fourth-order valence-corrected chi connectivity index (χ4v) is 4.48. The Morgan fingerprint density at radius 1 is 1.28 bits per heavy atom. The van der Waals surface area contributed by atoms with Crippen molar-refractivity contribution in [2.75, 3.05) is 27.2 Å². The van der Waals surface area contributed by atoms with Crippen LogP contribution in [0, 0.1) is 0 Å². The molecule has 1 aromatic rings. The Hall–Kier alpha value is -1.56. The SMILES string of the molecule is CN=C(NCCCCC(=O)OC)NCC1(c2cccs2)CCCCC1. The summed E-state index contributed by atoms with van der Waals surface area (Å²) in [6.45, 7) is 1.73. The number of nitrogens with zero attached hydrogens (tertiary/aromatic N) is 1. The minimum absolute atomic E-state index is 0.141. The summed E-state index contributed by atoms with van der Waals surface area (Å²) < 4.78 is 4.66. The summed E-state index contributed by atoms with van der Waals surface area (Å²) in [5.74, 6) is 0.706. The van der Waals surface area contributed by atoms with E-state index in [1.54, 1.807) is 0 Å². The van der Waals surface area contributed by atoms with Gasteiger partial charge in [0.2, 0.25) is 0 Å². The highest BCUT2D eigenvalue weighted by Gasteiger charge is 2.34. The van der Waals surface area contributed by atoms with Crippen molar-refractivity contribution in [2.45, 2.75) is 56.8 Å². The molecule has 1 aromatic heterocycles. The molecule has 0 atom stereocenters. The minimum Gasteiger partial charge on any atom is -0.469 e. The Kier molecular flexibility index (Phi) is 8.25. The molecular weight excluding hydrogens is 334 g/mol. The summed E-state index contributed by atoms with van der Waals surface area (Å²) in [6.07, 6.45) is 8.68. The lowest BCUT2D eigenvalue weighted by Crippen LogP contribution is -2.46. The van der Waals surface area contributed by atoms with Crippen LogP contribution < -0.4 is 10.6 Å². The molecule has 5 nitrogen and oxygen atoms in total. The Morgan fingerprint density at radius 2 is 2.08 bits per heavy atom. The molecule has 2 N–H and O–H groups in total. The number of methoxy groups -OCH3 is 1. The molecule has 25 heavy (non-hydrogen) atoms. The second-order valence-electron chi connectivity index (χ2n) is 6.70. The average Bonchev–Trinajstić information content (AvgIpc) is 3.20. The summed E-state index contributed by atoms with van der Waals surface area (Å²) in [4.78, 5) is 16.9. The molecule has 0 spiro atoms. The van der Waals surface area contributed by atoms with Crippen LogP contribution in [-0.4, -0.2) is 39.2 Å². The van der Waals surface area contributed by atoms with Crippen molar-refractivity contribution in [2.24, 2.45) is 4.99 Å². The Labute approximate surface area is 155 Å². The van der Waals surface area contributed by atoms with Crippen LogP contribution in [0.1, 0.15) is 56.2 Å². The van der Waals surface area contributed by atoms with Crippen molar-refractivity contribution in [1.82, 2.24) is 10.6 Å². The number of esters is 1. The standard InChI is InChI=1S/C19H31N3O2S/c1-20-18(21-13-7-4-10-17(23)24-2)22-15-19(11-5-3-6-12-19)16-9-8-14-25-16/h8-9,14H,3-7,10-13,15H2,1-2H3,(H2,20,21,22). The number of ether oxygens (including phenoxy) is 1. The number of unbranched alkanes of at least 4 members (excludes halogenated alkanes) is 1. The molecule has 0 radical (unpaired) electrons. The zero-order valence-electron chi connectivity index (χ0n) is 15.5. The number of nitrogens with one attached hydrogen (secondary N) is 2. The van der Waals surface area contributed by atoms with Gasteiger partial charge < -0.3 is 15.4 Å². The first-order chi connectivity index (χ1) is 12.2. The quantitative estimate of drug-likeness (QED) is 0.320. The van der Waals surface area contributed by atoms with Gasteiger partial charge in [0.05, 0.1) is 7.11 Å². The van der Waals surface area contributed by atoms with Crippen LogP contribution in [-0.2, 0) is 14.9 Å². The van der Waals surface area contributed by atoms with E-state index in [0.29, 0.717) is 6.42 Å². The number of hydrogen-bond acceptors (Lipinski definition) is 4. The van der Waals surface area contributed by atoms with Gasteiger partial charge in [-0.25, -0.2) is 0 Å². The zero-order valence-corrected chi connectivity index (χ0v) is 16.3. The highest BCUT2D eigenvalue weighted by molar-refractivity contribution is 7.10. The normalized spacial score (nSPS) is 17.1. The highest BCUT2D eigenvalue weighted by Crippen LogP contribution is 2.41. The molecule has 1 heterocycles. The lowest BCUT2D eigenvalue weighted by Gasteiger charge is -2.37. The summed E-state index contributed by atoms with van der Waals surface area (Å²) in [5.41, 5.74) is 0.245. The zero-order chi connectivity index (χ0) is 18.0. The van der Waals surface area contributed by atoms with Gasteiger partial charge in [-0.3, -0.25) is 9.79 Å². The van der Waals surface area contributed by atoms with Gasteiger partial charge in [0.15, 0.2) is 5.96 Å². The van der Waals surface area contributed by atoms with E-state index in [2.05, 4.69) is 37.9 Å². The third kappa shape index (κ3) is 6.03. The van der Waals surface area contributed by atoms with Crippen LogP contribution in [0.15, 0.2) is 22.5 Å². The summed E-state index contributed by atoms with van der Waals surface area (Å²) in [6, 6.07) is 4.44. The van der Waals surface area contributed by atoms with Gasteiger partial charge in [-0.1, -0.05) is 25.3 Å². The number of rotatable bonds is 8. The first kappa shape index (κ1) is 19.8. The van der Waals surface area contributed by atoms with E-state index in [-0.39, 0.29) is 11.4 Å². The molecular formula is C19H31N3O2S. The molecule has 0 unspecified atom stereocenters. The third-order valence-corrected chi connectivity index (χ3v) is 6.12. The number of thiophene rings is 1. The van der Waals surface area contributed by atoms with Gasteiger partial charge >= 0.3 is 5.97 Å². The van der Waals surface area contributed by atoms with Crippen molar-refractivity contribution in [3.8, 4) is 0 Å². The van der Waals surface area contributed by atoms with Gasteiger partial charge in [0.25, 0.3) is 0 Å². The molecule has 1 saturated carbocycles. The van der Waals surface area contributed by atoms with Crippen molar-refractivity contribution in [3.63, 3.8) is 0 Å². The Balaban J connectivity index is 1.79. The molecule has 1 aliphatic rings. The van der Waals surface area contributed by atoms with Gasteiger partial charge in [-0.05, 0) is 37.1 Å². The maximum atomic E-state index is 11.1. The van der Waals surface area contributed by atoms with Crippen molar-refractivity contribution in [3.05, 3.63) is 22.4 Å². The number of aliphatic imine (C=N–C) groups is 1. The first-order valence-corrected chi connectivity index (χ1v) is 10.1. The summed E-state index contributed by atoms with van der Waals surface area (Å²) in [5, 5.41) is 9.07. The maximum absolute atomic E-state index is 11.1. The van der Waals surface area contributed by atoms with Crippen LogP contribution in [0.25, 0.3) is 0 Å². The number of carbonyl (C=O) groups is 1. The van der Waals surface area contributed by atoms with E-state index < -0.39 is 0 Å². The van der Waals surface area contributed by atoms with E-state index in [0.717, 1.165) is 31.9 Å². The van der Waals surface area contributed by atoms with Gasteiger partial charge in [-0.2, -0.15) is 0 Å². The maximum Gasteiger partial charge on any atom is 0.305 e. The van der Waals surface area contributed by atoms with Crippen molar-refractivity contribution >= 4 is 23.3 Å². The monoisotopic (exact) mass is 365 g/mol. The molecule has 6 heteroatoms. The summed E-state index contributed by atoms with van der Waals surface area (Å²) in [7, 11) is 3.24. The topological polar surface area (TPSA) is 62.7 Å². The second kappa shape index (κ2) is 10.4. The lowest BCUT2D eigenvalue weighted by atomic mass is 9.73. The van der Waals surface area contributed by atoms with E-state index in [9.17, 15) is 4.79 Å². The van der Waals surface area contributed by atoms with E-state index in [4.69, 9.17) is 0 Å². The molecule has 0 aromatic carbocycles. The molecule has 0 aliphatic heterocycles. The smallest absolute Gasteiger partial charge is 0.305 e. The van der Waals surface area contributed by atoms with Gasteiger partial charge in [-0.15, -0.1) is 11.3 Å². The van der Waals surface area contributed by atoms with Crippen LogP contribution >= 0.6 is 11.3 Å². The fourth-order valence-electron chi connectivity index (χ4n) is 3.50. The average molecular weight is 366 g/mol. The molecule has 1 aliphatic carbocycles. The van der Waals surface area contributed by atoms with Crippen LogP contribution in [0.2, 0.25) is 0 Å². The highest BCUT2D eigenvalue weighted by atomic mass is 32.1. The van der Waals surface area contributed by atoms with E-state index in [1.807, 2.05) is 18.4 Å². The molecule has 0 bridgehead atoms. The van der Waals surface area contributed by atoms with Crippen LogP contribution in [0.4, 0.5) is 0 Å².